The Bertz CT molecular complexity index is 1140. The Balaban J connectivity index is 1.67. The van der Waals surface area contributed by atoms with Crippen molar-refractivity contribution in [2.45, 2.75) is 19.8 Å². The van der Waals surface area contributed by atoms with Crippen LogP contribution >= 0.6 is 34.8 Å². The number of anilines is 2. The molecular formula is C23H19Cl3N2O3. The summed E-state index contributed by atoms with van der Waals surface area (Å²) in [7, 11) is 0. The number of amides is 2. The number of hydrogen-bond acceptors (Lipinski definition) is 3. The van der Waals surface area contributed by atoms with Crippen LogP contribution in [0, 0.1) is 0 Å². The second-order valence-corrected chi connectivity index (χ2v) is 7.89. The molecule has 0 aliphatic carbocycles. The quantitative estimate of drug-likeness (QED) is 0.351. The maximum absolute atomic E-state index is 12.3. The Morgan fingerprint density at radius 1 is 0.968 bits per heavy atom. The lowest BCUT2D eigenvalue weighted by atomic mass is 10.2. The van der Waals surface area contributed by atoms with Crippen molar-refractivity contribution in [3.8, 4) is 11.3 Å². The van der Waals surface area contributed by atoms with Gasteiger partial charge >= 0.3 is 0 Å². The molecule has 3 rings (SSSR count). The first-order valence-corrected chi connectivity index (χ1v) is 10.6. The van der Waals surface area contributed by atoms with E-state index in [1.807, 2.05) is 6.92 Å². The lowest BCUT2D eigenvalue weighted by Crippen LogP contribution is -2.12. The fourth-order valence-corrected chi connectivity index (χ4v) is 3.42. The Morgan fingerprint density at radius 3 is 2.52 bits per heavy atom. The van der Waals surface area contributed by atoms with Crippen LogP contribution < -0.4 is 10.6 Å². The molecule has 0 unspecified atom stereocenters. The summed E-state index contributed by atoms with van der Waals surface area (Å²) in [5.41, 5.74) is 1.64. The number of hydrogen-bond donors (Lipinski definition) is 2. The van der Waals surface area contributed by atoms with Crippen LogP contribution in [-0.4, -0.2) is 11.8 Å². The molecule has 0 saturated carbocycles. The van der Waals surface area contributed by atoms with E-state index in [2.05, 4.69) is 10.6 Å². The summed E-state index contributed by atoms with van der Waals surface area (Å²) in [6.45, 7) is 1.92. The molecular weight excluding hydrogens is 459 g/mol. The SMILES string of the molecule is CCCC(=O)Nc1ccc(Cl)c(NC(=O)/C=C/c2ccc(-c3ccc(Cl)cc3Cl)o2)c1. The molecule has 5 nitrogen and oxygen atoms in total. The van der Waals surface area contributed by atoms with Crippen molar-refractivity contribution in [2.75, 3.05) is 10.6 Å². The van der Waals surface area contributed by atoms with Crippen molar-refractivity contribution in [3.05, 3.63) is 75.4 Å². The van der Waals surface area contributed by atoms with Crippen molar-refractivity contribution < 1.29 is 14.0 Å². The molecule has 2 aromatic carbocycles. The van der Waals surface area contributed by atoms with E-state index in [0.717, 1.165) is 6.42 Å². The van der Waals surface area contributed by atoms with Crippen molar-refractivity contribution >= 4 is 64.1 Å². The predicted molar refractivity (Wildman–Crippen MR) is 127 cm³/mol. The van der Waals surface area contributed by atoms with E-state index in [4.69, 9.17) is 39.2 Å². The van der Waals surface area contributed by atoms with Gasteiger partial charge in [-0.2, -0.15) is 0 Å². The first kappa shape index (κ1) is 22.9. The molecule has 0 aliphatic heterocycles. The molecule has 8 heteroatoms. The molecule has 3 aromatic rings. The average Bonchev–Trinajstić information content (AvgIpc) is 3.18. The molecule has 0 fully saturated rings. The number of carbonyl (C=O) groups excluding carboxylic acids is 2. The van der Waals surface area contributed by atoms with Gasteiger partial charge in [0.2, 0.25) is 11.8 Å². The van der Waals surface area contributed by atoms with Crippen LogP contribution in [0.1, 0.15) is 25.5 Å². The highest BCUT2D eigenvalue weighted by atomic mass is 35.5. The summed E-state index contributed by atoms with van der Waals surface area (Å²) in [5.74, 6) is 0.529. The Hall–Kier alpha value is -2.73. The third-order valence-corrected chi connectivity index (χ3v) is 5.08. The number of benzene rings is 2. The number of halogens is 3. The first-order chi connectivity index (χ1) is 14.9. The van der Waals surface area contributed by atoms with Gasteiger partial charge in [-0.15, -0.1) is 0 Å². The molecule has 0 atom stereocenters. The molecule has 0 aliphatic rings. The van der Waals surface area contributed by atoms with Gasteiger partial charge in [0, 0.05) is 28.8 Å². The smallest absolute Gasteiger partial charge is 0.248 e. The summed E-state index contributed by atoms with van der Waals surface area (Å²) in [5, 5.41) is 6.82. The highest BCUT2D eigenvalue weighted by Crippen LogP contribution is 2.32. The normalized spacial score (nSPS) is 11.0. The van der Waals surface area contributed by atoms with Gasteiger partial charge in [-0.05, 0) is 61.0 Å². The minimum Gasteiger partial charge on any atom is -0.457 e. The second kappa shape index (κ2) is 10.5. The van der Waals surface area contributed by atoms with Gasteiger partial charge < -0.3 is 15.1 Å². The number of nitrogens with one attached hydrogen (secondary N) is 2. The monoisotopic (exact) mass is 476 g/mol. The minimum absolute atomic E-state index is 0.101. The summed E-state index contributed by atoms with van der Waals surface area (Å²) >= 11 is 18.3. The van der Waals surface area contributed by atoms with E-state index in [1.54, 1.807) is 48.5 Å². The molecule has 0 bridgehead atoms. The minimum atomic E-state index is -0.401. The Kier molecular flexibility index (Phi) is 7.80. The molecule has 1 heterocycles. The van der Waals surface area contributed by atoms with Gasteiger partial charge in [0.25, 0.3) is 0 Å². The van der Waals surface area contributed by atoms with Crippen molar-refractivity contribution in [3.63, 3.8) is 0 Å². The summed E-state index contributed by atoms with van der Waals surface area (Å²) in [4.78, 5) is 24.1. The molecule has 1 aromatic heterocycles. The van der Waals surface area contributed by atoms with Gasteiger partial charge in [0.05, 0.1) is 15.7 Å². The third-order valence-electron chi connectivity index (χ3n) is 4.21. The van der Waals surface area contributed by atoms with Crippen LogP contribution in [-0.2, 0) is 9.59 Å². The number of rotatable bonds is 7. The predicted octanol–water partition coefficient (Wildman–Crippen LogP) is 7.30. The largest absolute Gasteiger partial charge is 0.457 e. The van der Waals surface area contributed by atoms with Gasteiger partial charge in [0.1, 0.15) is 11.5 Å². The zero-order valence-electron chi connectivity index (χ0n) is 16.5. The lowest BCUT2D eigenvalue weighted by Gasteiger charge is -2.09. The average molecular weight is 478 g/mol. The van der Waals surface area contributed by atoms with Crippen LogP contribution in [0.15, 0.2) is 59.0 Å². The maximum atomic E-state index is 12.3. The van der Waals surface area contributed by atoms with Crippen LogP contribution in [0.5, 0.6) is 0 Å². The molecule has 160 valence electrons. The molecule has 31 heavy (non-hydrogen) atoms. The molecule has 0 spiro atoms. The first-order valence-electron chi connectivity index (χ1n) is 9.49. The van der Waals surface area contributed by atoms with Gasteiger partial charge in [-0.3, -0.25) is 9.59 Å². The number of carbonyl (C=O) groups is 2. The summed E-state index contributed by atoms with van der Waals surface area (Å²) in [6, 6.07) is 13.5. The van der Waals surface area contributed by atoms with Crippen LogP contribution in [0.3, 0.4) is 0 Å². The van der Waals surface area contributed by atoms with Crippen LogP contribution in [0.2, 0.25) is 15.1 Å². The zero-order valence-corrected chi connectivity index (χ0v) is 18.8. The van der Waals surface area contributed by atoms with Crippen molar-refractivity contribution in [2.24, 2.45) is 0 Å². The number of furan rings is 1. The zero-order chi connectivity index (χ0) is 22.4. The van der Waals surface area contributed by atoms with Crippen molar-refractivity contribution in [1.82, 2.24) is 0 Å². The van der Waals surface area contributed by atoms with Gasteiger partial charge in [-0.25, -0.2) is 0 Å². The van der Waals surface area contributed by atoms with E-state index >= 15 is 0 Å². The van der Waals surface area contributed by atoms with Crippen LogP contribution in [0.25, 0.3) is 17.4 Å². The molecule has 2 N–H and O–H groups in total. The Labute approximate surface area is 195 Å². The molecule has 2 amide bonds. The highest BCUT2D eigenvalue weighted by molar-refractivity contribution is 6.36. The van der Waals surface area contributed by atoms with E-state index in [0.29, 0.717) is 49.9 Å². The fraction of sp³-hybridized carbons (Fsp3) is 0.130. The molecule has 0 radical (unpaired) electrons. The Morgan fingerprint density at radius 2 is 1.77 bits per heavy atom. The van der Waals surface area contributed by atoms with Gasteiger partial charge in [0.15, 0.2) is 0 Å². The van der Waals surface area contributed by atoms with Gasteiger partial charge in [-0.1, -0.05) is 41.7 Å². The second-order valence-electron chi connectivity index (χ2n) is 6.64. The summed E-state index contributed by atoms with van der Waals surface area (Å²) < 4.78 is 5.73. The maximum Gasteiger partial charge on any atom is 0.248 e. The van der Waals surface area contributed by atoms with E-state index in [9.17, 15) is 9.59 Å². The van der Waals surface area contributed by atoms with E-state index < -0.39 is 5.91 Å². The topological polar surface area (TPSA) is 71.3 Å². The van der Waals surface area contributed by atoms with E-state index in [-0.39, 0.29) is 5.91 Å². The summed E-state index contributed by atoms with van der Waals surface area (Å²) in [6.07, 6.45) is 4.01. The van der Waals surface area contributed by atoms with Crippen LogP contribution in [0.4, 0.5) is 11.4 Å². The van der Waals surface area contributed by atoms with Crippen molar-refractivity contribution in [1.29, 1.82) is 0 Å². The standard InChI is InChI=1S/C23H19Cl3N2O3/c1-2-3-22(29)27-15-5-9-18(25)20(13-15)28-23(30)11-7-16-6-10-21(31-16)17-8-4-14(24)12-19(17)26/h4-13H,2-3H2,1H3,(H,27,29)(H,28,30)/b11-7+. The molecule has 0 saturated heterocycles. The third kappa shape index (κ3) is 6.37. The van der Waals surface area contributed by atoms with E-state index in [1.165, 1.54) is 12.2 Å². The highest BCUT2D eigenvalue weighted by Gasteiger charge is 2.10. The lowest BCUT2D eigenvalue weighted by molar-refractivity contribution is -0.116. The fourth-order valence-electron chi connectivity index (χ4n) is 2.76.